The van der Waals surface area contributed by atoms with Crippen LogP contribution in [0.1, 0.15) is 13.8 Å². The number of rotatable bonds is 8. The zero-order valence-corrected chi connectivity index (χ0v) is 13.1. The largest absolute Gasteiger partial charge is 0.397 e. The predicted molar refractivity (Wildman–Crippen MR) is 83.4 cm³/mol. The van der Waals surface area contributed by atoms with E-state index < -0.39 is 10.0 Å². The highest BCUT2D eigenvalue weighted by Crippen LogP contribution is 2.22. The number of nitrogen functional groups attached to an aromatic ring is 1. The fourth-order valence-electron chi connectivity index (χ4n) is 1.86. The maximum atomic E-state index is 11.8. The molecule has 0 heterocycles. The third kappa shape index (κ3) is 4.36. The number of nitrogens with one attached hydrogen (secondary N) is 2. The Bertz CT molecular complexity index is 527. The van der Waals surface area contributed by atoms with Crippen molar-refractivity contribution in [1.29, 1.82) is 0 Å². The van der Waals surface area contributed by atoms with Crippen molar-refractivity contribution in [2.45, 2.75) is 18.7 Å². The van der Waals surface area contributed by atoms with Gasteiger partial charge in [-0.05, 0) is 38.3 Å². The van der Waals surface area contributed by atoms with Crippen LogP contribution < -0.4 is 15.8 Å². The number of benzene rings is 1. The minimum Gasteiger partial charge on any atom is -0.397 e. The van der Waals surface area contributed by atoms with Crippen LogP contribution in [0.2, 0.25) is 0 Å². The molecule has 0 aromatic heterocycles. The van der Waals surface area contributed by atoms with Gasteiger partial charge in [0.1, 0.15) is 0 Å². The zero-order chi connectivity index (χ0) is 15.2. The number of hydrogen-bond donors (Lipinski definition) is 3. The molecule has 0 amide bonds. The molecule has 1 aromatic carbocycles. The van der Waals surface area contributed by atoms with Gasteiger partial charge in [-0.3, -0.25) is 0 Å². The second kappa shape index (κ2) is 7.47. The van der Waals surface area contributed by atoms with Crippen LogP contribution in [-0.4, -0.2) is 46.5 Å². The second-order valence-corrected chi connectivity index (χ2v) is 6.30. The van der Waals surface area contributed by atoms with Gasteiger partial charge in [0, 0.05) is 13.1 Å². The normalized spacial score (nSPS) is 11.8. The molecule has 0 spiro atoms. The van der Waals surface area contributed by atoms with E-state index in [-0.39, 0.29) is 4.90 Å². The quantitative estimate of drug-likeness (QED) is 0.622. The van der Waals surface area contributed by atoms with E-state index >= 15 is 0 Å². The van der Waals surface area contributed by atoms with Gasteiger partial charge in [-0.25, -0.2) is 13.1 Å². The molecule has 0 atom stereocenters. The van der Waals surface area contributed by atoms with Gasteiger partial charge in [-0.2, -0.15) is 0 Å². The Labute approximate surface area is 121 Å². The van der Waals surface area contributed by atoms with E-state index in [2.05, 4.69) is 28.8 Å². The topological polar surface area (TPSA) is 87.5 Å². The van der Waals surface area contributed by atoms with E-state index in [1.54, 1.807) is 12.1 Å². The molecule has 1 aromatic rings. The first-order valence-corrected chi connectivity index (χ1v) is 8.22. The van der Waals surface area contributed by atoms with E-state index in [4.69, 9.17) is 5.73 Å². The fraction of sp³-hybridized carbons (Fsp3) is 0.538. The Hall–Kier alpha value is -1.31. The Morgan fingerprint density at radius 3 is 2.45 bits per heavy atom. The van der Waals surface area contributed by atoms with E-state index in [0.29, 0.717) is 11.4 Å². The van der Waals surface area contributed by atoms with Crippen molar-refractivity contribution in [3.05, 3.63) is 18.2 Å². The third-order valence-corrected chi connectivity index (χ3v) is 4.65. The highest BCUT2D eigenvalue weighted by molar-refractivity contribution is 7.89. The van der Waals surface area contributed by atoms with Crippen LogP contribution in [0.4, 0.5) is 11.4 Å². The molecule has 1 rings (SSSR count). The van der Waals surface area contributed by atoms with Crippen LogP contribution in [0.3, 0.4) is 0 Å². The summed E-state index contributed by atoms with van der Waals surface area (Å²) >= 11 is 0. The van der Waals surface area contributed by atoms with Crippen molar-refractivity contribution < 1.29 is 8.42 Å². The Morgan fingerprint density at radius 1 is 1.25 bits per heavy atom. The van der Waals surface area contributed by atoms with E-state index in [1.807, 2.05) is 0 Å². The second-order valence-electron chi connectivity index (χ2n) is 4.41. The first-order chi connectivity index (χ1) is 9.44. The SMILES string of the molecule is CCN(CC)CCNc1cc(S(=O)(=O)NC)ccc1N. The molecule has 114 valence electrons. The fourth-order valence-corrected chi connectivity index (χ4v) is 2.62. The van der Waals surface area contributed by atoms with Crippen molar-refractivity contribution in [2.75, 3.05) is 44.3 Å². The molecule has 0 radical (unpaired) electrons. The predicted octanol–water partition coefficient (Wildman–Crippen LogP) is 0.931. The molecule has 20 heavy (non-hydrogen) atoms. The van der Waals surface area contributed by atoms with Gasteiger partial charge in [0.15, 0.2) is 0 Å². The molecule has 0 saturated carbocycles. The zero-order valence-electron chi connectivity index (χ0n) is 12.3. The van der Waals surface area contributed by atoms with Gasteiger partial charge >= 0.3 is 0 Å². The maximum Gasteiger partial charge on any atom is 0.240 e. The molecule has 0 aliphatic rings. The summed E-state index contributed by atoms with van der Waals surface area (Å²) in [4.78, 5) is 2.48. The van der Waals surface area contributed by atoms with E-state index in [1.165, 1.54) is 13.1 Å². The Morgan fingerprint density at radius 2 is 1.90 bits per heavy atom. The lowest BCUT2D eigenvalue weighted by atomic mass is 10.2. The summed E-state index contributed by atoms with van der Waals surface area (Å²) in [5, 5.41) is 3.19. The average molecular weight is 300 g/mol. The molecular formula is C13H24N4O2S. The minimum absolute atomic E-state index is 0.208. The molecule has 0 fully saturated rings. The van der Waals surface area contributed by atoms with Gasteiger partial charge in [-0.1, -0.05) is 13.8 Å². The summed E-state index contributed by atoms with van der Waals surface area (Å²) < 4.78 is 25.8. The van der Waals surface area contributed by atoms with Gasteiger partial charge in [0.05, 0.1) is 16.3 Å². The van der Waals surface area contributed by atoms with Crippen LogP contribution in [0.15, 0.2) is 23.1 Å². The molecule has 0 unspecified atom stereocenters. The summed E-state index contributed by atoms with van der Waals surface area (Å²) in [6.07, 6.45) is 0. The summed E-state index contributed by atoms with van der Waals surface area (Å²) in [6, 6.07) is 4.66. The van der Waals surface area contributed by atoms with Gasteiger partial charge < -0.3 is 16.0 Å². The van der Waals surface area contributed by atoms with Crippen LogP contribution in [0.25, 0.3) is 0 Å². The summed E-state index contributed by atoms with van der Waals surface area (Å²) in [5.41, 5.74) is 7.05. The molecule has 0 saturated heterocycles. The number of nitrogens with two attached hydrogens (primary N) is 1. The van der Waals surface area contributed by atoms with Gasteiger partial charge in [-0.15, -0.1) is 0 Å². The number of sulfonamides is 1. The monoisotopic (exact) mass is 300 g/mol. The van der Waals surface area contributed by atoms with E-state index in [9.17, 15) is 8.42 Å². The lowest BCUT2D eigenvalue weighted by Crippen LogP contribution is -2.28. The highest BCUT2D eigenvalue weighted by Gasteiger charge is 2.13. The molecule has 0 aliphatic heterocycles. The van der Waals surface area contributed by atoms with Crippen LogP contribution in [0.5, 0.6) is 0 Å². The first kappa shape index (κ1) is 16.7. The van der Waals surface area contributed by atoms with Crippen LogP contribution in [0, 0.1) is 0 Å². The summed E-state index contributed by atoms with van der Waals surface area (Å²) in [5.74, 6) is 0. The Kier molecular flexibility index (Phi) is 6.25. The minimum atomic E-state index is -3.44. The average Bonchev–Trinajstić information content (AvgIpc) is 2.45. The maximum absolute atomic E-state index is 11.8. The van der Waals surface area contributed by atoms with Gasteiger partial charge in [0.2, 0.25) is 10.0 Å². The van der Waals surface area contributed by atoms with Crippen LogP contribution >= 0.6 is 0 Å². The lowest BCUT2D eigenvalue weighted by Gasteiger charge is -2.19. The van der Waals surface area contributed by atoms with Crippen LogP contribution in [-0.2, 0) is 10.0 Å². The number of anilines is 2. The lowest BCUT2D eigenvalue weighted by molar-refractivity contribution is 0.316. The van der Waals surface area contributed by atoms with Crippen molar-refractivity contribution >= 4 is 21.4 Å². The molecule has 4 N–H and O–H groups in total. The number of hydrogen-bond acceptors (Lipinski definition) is 5. The van der Waals surface area contributed by atoms with E-state index in [0.717, 1.165) is 26.2 Å². The third-order valence-electron chi connectivity index (χ3n) is 3.24. The Balaban J connectivity index is 2.78. The molecule has 6 nitrogen and oxygen atoms in total. The summed E-state index contributed by atoms with van der Waals surface area (Å²) in [6.45, 7) is 7.80. The van der Waals surface area contributed by atoms with Crippen molar-refractivity contribution in [3.63, 3.8) is 0 Å². The molecule has 0 bridgehead atoms. The standard InChI is InChI=1S/C13H24N4O2S/c1-4-17(5-2)9-8-16-13-10-11(6-7-12(13)14)20(18,19)15-3/h6-7,10,15-16H,4-5,8-9,14H2,1-3H3. The molecule has 7 heteroatoms. The smallest absolute Gasteiger partial charge is 0.240 e. The highest BCUT2D eigenvalue weighted by atomic mass is 32.2. The number of nitrogens with zero attached hydrogens (tertiary/aromatic N) is 1. The first-order valence-electron chi connectivity index (χ1n) is 6.73. The van der Waals surface area contributed by atoms with Crippen molar-refractivity contribution in [2.24, 2.45) is 0 Å². The molecule has 0 aliphatic carbocycles. The van der Waals surface area contributed by atoms with Crippen molar-refractivity contribution in [1.82, 2.24) is 9.62 Å². The van der Waals surface area contributed by atoms with Crippen molar-refractivity contribution in [3.8, 4) is 0 Å². The summed E-state index contributed by atoms with van der Waals surface area (Å²) in [7, 11) is -2.06. The van der Waals surface area contributed by atoms with Gasteiger partial charge in [0.25, 0.3) is 0 Å². The molecular weight excluding hydrogens is 276 g/mol. The number of likely N-dealkylation sites (N-methyl/N-ethyl adjacent to an activating group) is 1.